The van der Waals surface area contributed by atoms with Crippen LogP contribution in [0.15, 0.2) is 11.8 Å². The summed E-state index contributed by atoms with van der Waals surface area (Å²) in [7, 11) is 1.65. The van der Waals surface area contributed by atoms with E-state index < -0.39 is 6.09 Å². The van der Waals surface area contributed by atoms with Gasteiger partial charge in [-0.05, 0) is 18.4 Å². The Labute approximate surface area is 83.2 Å². The zero-order chi connectivity index (χ0) is 10.1. The van der Waals surface area contributed by atoms with Gasteiger partial charge < -0.3 is 14.7 Å². The smallest absolute Gasteiger partial charge is 0.407 e. The van der Waals surface area contributed by atoms with Crippen LogP contribution in [0.5, 0.6) is 0 Å². The van der Waals surface area contributed by atoms with Crippen molar-refractivity contribution >= 4 is 6.09 Å². The molecule has 1 aliphatic carbocycles. The molecule has 2 atom stereocenters. The van der Waals surface area contributed by atoms with Gasteiger partial charge in [0, 0.05) is 24.9 Å². The van der Waals surface area contributed by atoms with Crippen molar-refractivity contribution in [3.63, 3.8) is 0 Å². The number of carbonyl (C=O) groups is 1. The Balaban J connectivity index is 2.12. The van der Waals surface area contributed by atoms with Crippen LogP contribution in [-0.2, 0) is 4.74 Å². The molecule has 0 aromatic carbocycles. The third-order valence-electron chi connectivity index (χ3n) is 3.21. The summed E-state index contributed by atoms with van der Waals surface area (Å²) in [5.74, 6) is 0.787. The Bertz CT molecular complexity index is 259. The zero-order valence-corrected chi connectivity index (χ0v) is 8.27. The summed E-state index contributed by atoms with van der Waals surface area (Å²) in [6.07, 6.45) is 3.22. The third-order valence-corrected chi connectivity index (χ3v) is 3.21. The number of likely N-dealkylation sites (tertiary alicyclic amines) is 1. The molecule has 14 heavy (non-hydrogen) atoms. The van der Waals surface area contributed by atoms with E-state index in [0.717, 1.165) is 12.8 Å². The molecular weight excluding hydrogens is 182 g/mol. The van der Waals surface area contributed by atoms with Gasteiger partial charge in [-0.2, -0.15) is 0 Å². The Morgan fingerprint density at radius 3 is 2.50 bits per heavy atom. The van der Waals surface area contributed by atoms with Crippen LogP contribution in [0.25, 0.3) is 0 Å². The largest absolute Gasteiger partial charge is 0.504 e. The number of carboxylic acid groups (broad SMARTS) is 1. The Morgan fingerprint density at radius 2 is 2.07 bits per heavy atom. The molecule has 78 valence electrons. The number of methoxy groups -OCH3 is 1. The molecule has 2 rings (SSSR count). The molecule has 1 heterocycles. The number of amides is 1. The summed E-state index contributed by atoms with van der Waals surface area (Å²) in [5, 5.41) is 8.89. The quantitative estimate of drug-likeness (QED) is 0.648. The van der Waals surface area contributed by atoms with Crippen LogP contribution in [0.2, 0.25) is 0 Å². The average Bonchev–Trinajstić information content (AvgIpc) is 2.40. The number of piperidine rings is 1. The summed E-state index contributed by atoms with van der Waals surface area (Å²) in [5.41, 5.74) is 1.31. The first-order valence-corrected chi connectivity index (χ1v) is 4.93. The lowest BCUT2D eigenvalue weighted by atomic mass is 9.93. The van der Waals surface area contributed by atoms with Crippen molar-refractivity contribution in [1.29, 1.82) is 0 Å². The SMILES string of the molecule is COC=C1C2CCC1CN(C(=O)O)C2. The van der Waals surface area contributed by atoms with Crippen molar-refractivity contribution in [1.82, 2.24) is 4.90 Å². The van der Waals surface area contributed by atoms with Gasteiger partial charge in [-0.3, -0.25) is 0 Å². The van der Waals surface area contributed by atoms with Gasteiger partial charge in [0.2, 0.25) is 0 Å². The van der Waals surface area contributed by atoms with Gasteiger partial charge in [0.25, 0.3) is 0 Å². The monoisotopic (exact) mass is 197 g/mol. The van der Waals surface area contributed by atoms with E-state index in [2.05, 4.69) is 0 Å². The number of hydrogen-bond acceptors (Lipinski definition) is 2. The molecular formula is C10H15NO3. The van der Waals surface area contributed by atoms with E-state index in [0.29, 0.717) is 24.9 Å². The first kappa shape index (κ1) is 9.37. The summed E-state index contributed by atoms with van der Waals surface area (Å²) < 4.78 is 5.03. The van der Waals surface area contributed by atoms with Crippen LogP contribution in [0.1, 0.15) is 12.8 Å². The number of fused-ring (bicyclic) bond motifs is 2. The topological polar surface area (TPSA) is 49.8 Å². The lowest BCUT2D eigenvalue weighted by Crippen LogP contribution is -2.41. The molecule has 2 fully saturated rings. The highest BCUT2D eigenvalue weighted by Crippen LogP contribution is 2.41. The van der Waals surface area contributed by atoms with Crippen LogP contribution >= 0.6 is 0 Å². The molecule has 1 saturated heterocycles. The molecule has 0 spiro atoms. The van der Waals surface area contributed by atoms with Crippen LogP contribution in [0.4, 0.5) is 4.79 Å². The Morgan fingerprint density at radius 1 is 1.50 bits per heavy atom. The van der Waals surface area contributed by atoms with Crippen LogP contribution in [0.3, 0.4) is 0 Å². The first-order chi connectivity index (χ1) is 6.72. The lowest BCUT2D eigenvalue weighted by Gasteiger charge is -2.31. The van der Waals surface area contributed by atoms with E-state index >= 15 is 0 Å². The standard InChI is InChI=1S/C10H15NO3/c1-14-6-9-7-2-3-8(9)5-11(4-7)10(12)13/h6-8H,2-5H2,1H3,(H,12,13). The van der Waals surface area contributed by atoms with Crippen molar-refractivity contribution < 1.29 is 14.6 Å². The second kappa shape index (κ2) is 3.52. The molecule has 2 bridgehead atoms. The maximum absolute atomic E-state index is 10.8. The Hall–Kier alpha value is -1.19. The fraction of sp³-hybridized carbons (Fsp3) is 0.700. The van der Waals surface area contributed by atoms with E-state index in [4.69, 9.17) is 9.84 Å². The van der Waals surface area contributed by atoms with E-state index in [-0.39, 0.29) is 0 Å². The van der Waals surface area contributed by atoms with Gasteiger partial charge in [0.1, 0.15) is 0 Å². The van der Waals surface area contributed by atoms with Crippen molar-refractivity contribution in [3.8, 4) is 0 Å². The second-order valence-electron chi connectivity index (χ2n) is 4.01. The van der Waals surface area contributed by atoms with E-state index in [9.17, 15) is 4.79 Å². The van der Waals surface area contributed by atoms with E-state index in [1.165, 1.54) is 10.5 Å². The molecule has 4 heteroatoms. The number of rotatable bonds is 1. The molecule has 2 aliphatic rings. The normalized spacial score (nSPS) is 30.4. The zero-order valence-electron chi connectivity index (χ0n) is 8.27. The summed E-state index contributed by atoms with van der Waals surface area (Å²) in [6, 6.07) is 0. The van der Waals surface area contributed by atoms with Crippen LogP contribution in [-0.4, -0.2) is 36.3 Å². The van der Waals surface area contributed by atoms with Gasteiger partial charge in [0.15, 0.2) is 0 Å². The van der Waals surface area contributed by atoms with Gasteiger partial charge in [-0.15, -0.1) is 0 Å². The van der Waals surface area contributed by atoms with Gasteiger partial charge in [-0.25, -0.2) is 4.79 Å². The predicted octanol–water partition coefficient (Wildman–Crippen LogP) is 1.54. The van der Waals surface area contributed by atoms with Crippen LogP contribution in [0, 0.1) is 11.8 Å². The summed E-state index contributed by atoms with van der Waals surface area (Å²) in [4.78, 5) is 12.3. The molecule has 1 saturated carbocycles. The van der Waals surface area contributed by atoms with Crippen molar-refractivity contribution in [2.24, 2.45) is 11.8 Å². The summed E-state index contributed by atoms with van der Waals surface area (Å²) in [6.45, 7) is 1.28. The van der Waals surface area contributed by atoms with E-state index in [1.807, 2.05) is 6.26 Å². The minimum Gasteiger partial charge on any atom is -0.504 e. The minimum atomic E-state index is -0.793. The van der Waals surface area contributed by atoms with Crippen molar-refractivity contribution in [2.45, 2.75) is 12.8 Å². The molecule has 1 aliphatic heterocycles. The number of nitrogens with zero attached hydrogens (tertiary/aromatic N) is 1. The first-order valence-electron chi connectivity index (χ1n) is 4.93. The predicted molar refractivity (Wildman–Crippen MR) is 50.9 cm³/mol. The molecule has 4 nitrogen and oxygen atoms in total. The molecule has 2 unspecified atom stereocenters. The maximum atomic E-state index is 10.8. The molecule has 0 aromatic heterocycles. The Kier molecular flexibility index (Phi) is 2.35. The van der Waals surface area contributed by atoms with Gasteiger partial charge in [0.05, 0.1) is 13.4 Å². The molecule has 0 radical (unpaired) electrons. The fourth-order valence-corrected chi connectivity index (χ4v) is 2.55. The van der Waals surface area contributed by atoms with Crippen molar-refractivity contribution in [2.75, 3.05) is 20.2 Å². The number of ether oxygens (including phenoxy) is 1. The highest BCUT2D eigenvalue weighted by Gasteiger charge is 2.39. The second-order valence-corrected chi connectivity index (χ2v) is 4.01. The molecule has 1 amide bonds. The highest BCUT2D eigenvalue weighted by molar-refractivity contribution is 5.65. The third kappa shape index (κ3) is 1.45. The van der Waals surface area contributed by atoms with Gasteiger partial charge >= 0.3 is 6.09 Å². The van der Waals surface area contributed by atoms with E-state index in [1.54, 1.807) is 7.11 Å². The van der Waals surface area contributed by atoms with Crippen LogP contribution < -0.4 is 0 Å². The summed E-state index contributed by atoms with van der Waals surface area (Å²) >= 11 is 0. The van der Waals surface area contributed by atoms with Gasteiger partial charge in [-0.1, -0.05) is 0 Å². The number of hydrogen-bond donors (Lipinski definition) is 1. The minimum absolute atomic E-state index is 0.393. The lowest BCUT2D eigenvalue weighted by molar-refractivity contribution is 0.129. The fourth-order valence-electron chi connectivity index (χ4n) is 2.55. The highest BCUT2D eigenvalue weighted by atomic mass is 16.5. The maximum Gasteiger partial charge on any atom is 0.407 e. The molecule has 0 aromatic rings. The average molecular weight is 197 g/mol. The van der Waals surface area contributed by atoms with Crippen molar-refractivity contribution in [3.05, 3.63) is 11.8 Å². The molecule has 1 N–H and O–H groups in total.